The average Bonchev–Trinajstić information content (AvgIpc) is 3.09. The molecule has 0 radical (unpaired) electrons. The van der Waals surface area contributed by atoms with Crippen LogP contribution in [0.25, 0.3) is 0 Å². The molecule has 3 fully saturated rings. The van der Waals surface area contributed by atoms with Crippen molar-refractivity contribution in [3.63, 3.8) is 0 Å². The molecule has 34 heavy (non-hydrogen) atoms. The second-order valence-corrected chi connectivity index (χ2v) is 14.5. The third-order valence-electron chi connectivity index (χ3n) is 11.2. The van der Waals surface area contributed by atoms with Crippen molar-refractivity contribution in [2.24, 2.45) is 52.3 Å². The van der Waals surface area contributed by atoms with Crippen molar-refractivity contribution in [2.45, 2.75) is 138 Å². The smallest absolute Gasteiger partial charge is 0.0266 e. The van der Waals surface area contributed by atoms with Crippen LogP contribution in [-0.2, 0) is 0 Å². The van der Waals surface area contributed by atoms with Crippen molar-refractivity contribution >= 4 is 0 Å². The van der Waals surface area contributed by atoms with Crippen molar-refractivity contribution in [3.8, 4) is 0 Å². The summed E-state index contributed by atoms with van der Waals surface area (Å²) in [5.41, 5.74) is 2.53. The van der Waals surface area contributed by atoms with Gasteiger partial charge in [-0.3, -0.25) is 0 Å². The van der Waals surface area contributed by atoms with Crippen LogP contribution in [0.5, 0.6) is 0 Å². The quantitative estimate of drug-likeness (QED) is 0.197. The van der Waals surface area contributed by atoms with E-state index >= 15 is 0 Å². The Balaban J connectivity index is 1.61. The molecule has 3 aliphatic carbocycles. The van der Waals surface area contributed by atoms with Gasteiger partial charge in [0.25, 0.3) is 0 Å². The fourth-order valence-corrected chi connectivity index (χ4v) is 9.39. The highest BCUT2D eigenvalue weighted by Gasteiger charge is 2.56. The minimum Gasteiger partial charge on any atom is -0.103 e. The largest absolute Gasteiger partial charge is 0.103 e. The molecule has 6 atom stereocenters. The molecule has 3 rings (SSSR count). The van der Waals surface area contributed by atoms with Crippen LogP contribution < -0.4 is 0 Å². The van der Waals surface area contributed by atoms with Crippen LogP contribution in [0.4, 0.5) is 0 Å². The summed E-state index contributed by atoms with van der Waals surface area (Å²) >= 11 is 0. The summed E-state index contributed by atoms with van der Waals surface area (Å²) in [7, 11) is 0. The van der Waals surface area contributed by atoms with Crippen molar-refractivity contribution in [1.82, 2.24) is 0 Å². The third kappa shape index (κ3) is 6.62. The molecule has 0 nitrogen and oxygen atoms in total. The lowest BCUT2D eigenvalue weighted by atomic mass is 9.49. The molecule has 0 N–H and O–H groups in total. The van der Waals surface area contributed by atoms with Gasteiger partial charge < -0.3 is 0 Å². The van der Waals surface area contributed by atoms with Crippen LogP contribution >= 0.6 is 0 Å². The lowest BCUT2D eigenvalue weighted by Gasteiger charge is -2.55. The Kier molecular flexibility index (Phi) is 10.0. The summed E-state index contributed by atoms with van der Waals surface area (Å²) in [6.45, 7) is 23.2. The Bertz CT molecular complexity index is 647. The summed E-state index contributed by atoms with van der Waals surface area (Å²) < 4.78 is 0. The van der Waals surface area contributed by atoms with E-state index in [1.54, 1.807) is 0 Å². The van der Waals surface area contributed by atoms with Gasteiger partial charge in [-0.15, -0.1) is 13.2 Å². The first-order valence-electron chi connectivity index (χ1n) is 15.3. The van der Waals surface area contributed by atoms with Gasteiger partial charge in [-0.1, -0.05) is 65.5 Å². The van der Waals surface area contributed by atoms with Crippen LogP contribution in [0.2, 0.25) is 0 Å². The molecule has 196 valence electrons. The normalized spacial score (nSPS) is 39.1. The second kappa shape index (κ2) is 12.1. The Morgan fingerprint density at radius 1 is 0.941 bits per heavy atom. The zero-order valence-electron chi connectivity index (χ0n) is 24.1. The highest BCUT2D eigenvalue weighted by molar-refractivity contribution is 5.06. The monoisotopic (exact) mass is 468 g/mol. The maximum absolute atomic E-state index is 4.25. The fraction of sp³-hybridized carbons (Fsp3) is 0.882. The first kappa shape index (κ1) is 28.1. The lowest BCUT2D eigenvalue weighted by Crippen LogP contribution is -2.47. The van der Waals surface area contributed by atoms with E-state index in [9.17, 15) is 0 Å². The molecule has 3 saturated carbocycles. The Morgan fingerprint density at radius 3 is 2.26 bits per heavy atom. The summed E-state index contributed by atoms with van der Waals surface area (Å²) in [5.74, 6) is 6.38. The minimum atomic E-state index is 0.568. The molecular formula is C34H60. The molecule has 0 heterocycles. The molecule has 0 aromatic carbocycles. The third-order valence-corrected chi connectivity index (χ3v) is 11.2. The van der Waals surface area contributed by atoms with Crippen LogP contribution in [0.1, 0.15) is 138 Å². The van der Waals surface area contributed by atoms with Crippen molar-refractivity contribution in [2.75, 3.05) is 0 Å². The molecule has 0 aliphatic heterocycles. The molecule has 0 saturated heterocycles. The Morgan fingerprint density at radius 2 is 1.65 bits per heavy atom. The van der Waals surface area contributed by atoms with Crippen molar-refractivity contribution in [3.05, 3.63) is 24.8 Å². The van der Waals surface area contributed by atoms with Gasteiger partial charge in [0.1, 0.15) is 0 Å². The summed E-state index contributed by atoms with van der Waals surface area (Å²) in [6.07, 6.45) is 23.9. The zero-order chi connectivity index (χ0) is 24.9. The summed E-state index contributed by atoms with van der Waals surface area (Å²) in [6, 6.07) is 0. The predicted molar refractivity (Wildman–Crippen MR) is 152 cm³/mol. The predicted octanol–water partition coefficient (Wildman–Crippen LogP) is 11.0. The number of allylic oxidation sites excluding steroid dienone is 2. The van der Waals surface area contributed by atoms with Crippen LogP contribution in [0.15, 0.2) is 24.8 Å². The number of unbranched alkanes of at least 4 members (excludes halogenated alkanes) is 1. The first-order chi connectivity index (χ1) is 16.1. The summed E-state index contributed by atoms with van der Waals surface area (Å²) in [5, 5.41) is 0. The van der Waals surface area contributed by atoms with E-state index in [2.05, 4.69) is 60.8 Å². The number of hydrogen-bond acceptors (Lipinski definition) is 0. The lowest BCUT2D eigenvalue weighted by molar-refractivity contribution is -0.0573. The fourth-order valence-electron chi connectivity index (χ4n) is 9.39. The van der Waals surface area contributed by atoms with Gasteiger partial charge >= 0.3 is 0 Å². The maximum Gasteiger partial charge on any atom is -0.0266 e. The Hall–Kier alpha value is -0.520. The minimum absolute atomic E-state index is 0.568. The van der Waals surface area contributed by atoms with Gasteiger partial charge in [-0.25, -0.2) is 0 Å². The van der Waals surface area contributed by atoms with Gasteiger partial charge in [0.2, 0.25) is 0 Å². The molecule has 0 aromatic heterocycles. The number of fused-ring (bicyclic) bond motifs is 1. The average molecular weight is 469 g/mol. The molecule has 0 aromatic rings. The van der Waals surface area contributed by atoms with Crippen LogP contribution in [0, 0.1) is 52.3 Å². The van der Waals surface area contributed by atoms with Gasteiger partial charge in [0, 0.05) is 0 Å². The van der Waals surface area contributed by atoms with Gasteiger partial charge in [0.05, 0.1) is 0 Å². The molecule has 3 aliphatic rings. The van der Waals surface area contributed by atoms with Crippen molar-refractivity contribution in [1.29, 1.82) is 0 Å². The molecule has 0 amide bonds. The number of rotatable bonds is 12. The van der Waals surface area contributed by atoms with Gasteiger partial charge in [-0.2, -0.15) is 0 Å². The maximum atomic E-state index is 4.25. The van der Waals surface area contributed by atoms with Crippen molar-refractivity contribution < 1.29 is 0 Å². The van der Waals surface area contributed by atoms with E-state index in [1.807, 2.05) is 0 Å². The first-order valence-corrected chi connectivity index (χ1v) is 15.3. The van der Waals surface area contributed by atoms with Crippen LogP contribution in [0.3, 0.4) is 0 Å². The molecule has 6 unspecified atom stereocenters. The Labute approximate surface area is 214 Å². The van der Waals surface area contributed by atoms with E-state index in [-0.39, 0.29) is 0 Å². The second-order valence-electron chi connectivity index (χ2n) is 14.5. The van der Waals surface area contributed by atoms with E-state index in [1.165, 1.54) is 102 Å². The topological polar surface area (TPSA) is 0 Å². The van der Waals surface area contributed by atoms with Gasteiger partial charge in [-0.05, 0) is 136 Å². The van der Waals surface area contributed by atoms with Gasteiger partial charge in [0.15, 0.2) is 0 Å². The molecule has 0 spiro atoms. The van der Waals surface area contributed by atoms with Crippen LogP contribution in [-0.4, -0.2) is 0 Å². The zero-order valence-corrected chi connectivity index (χ0v) is 24.1. The van der Waals surface area contributed by atoms with E-state index in [4.69, 9.17) is 0 Å². The van der Waals surface area contributed by atoms with E-state index in [0.29, 0.717) is 10.8 Å². The summed E-state index contributed by atoms with van der Waals surface area (Å²) in [4.78, 5) is 0. The molecule has 0 heteroatoms. The van der Waals surface area contributed by atoms with E-state index < -0.39 is 0 Å². The highest BCUT2D eigenvalue weighted by Crippen LogP contribution is 2.64. The highest BCUT2D eigenvalue weighted by atomic mass is 14.6. The molecular weight excluding hydrogens is 408 g/mol. The number of hydrogen-bond donors (Lipinski definition) is 0. The standard InChI is InChI=1S/C34H60/c1-9-12-30-31(33(7)20-17-28(18-21-33)24-27(6)23-26(4)5)19-22-34(8)29(15-16-32(30)34)14-11-10-13-25(2)3/h9,25,27-32H,1,4,10-24H2,2-3,5-8H3. The molecule has 0 bridgehead atoms. The van der Waals surface area contributed by atoms with E-state index in [0.717, 1.165) is 41.4 Å². The SMILES string of the molecule is C=CCC1C(C2(C)CCC(CC(C)CC(=C)C)CC2)CCC2(C)C(CCCCC(C)C)CCC12.